The summed E-state index contributed by atoms with van der Waals surface area (Å²) in [5, 5.41) is 0.611. The fraction of sp³-hybridized carbons (Fsp3) is 0.500. The normalized spacial score (nSPS) is 17.1. The number of Topliss-reactive ketones (excluding diaryl/α,β-unsaturated/α-hetero) is 1. The molecular formula is C14H16BrClO. The van der Waals surface area contributed by atoms with Crippen LogP contribution in [0.4, 0.5) is 0 Å². The molecule has 0 radical (unpaired) electrons. The third-order valence-electron chi connectivity index (χ3n) is 3.44. The number of hydrogen-bond acceptors (Lipinski definition) is 1. The van der Waals surface area contributed by atoms with Crippen LogP contribution in [0.3, 0.4) is 0 Å². The molecule has 3 heteroatoms. The van der Waals surface area contributed by atoms with Crippen molar-refractivity contribution < 1.29 is 4.79 Å². The van der Waals surface area contributed by atoms with Crippen LogP contribution in [0.25, 0.3) is 0 Å². The van der Waals surface area contributed by atoms with Gasteiger partial charge in [0, 0.05) is 16.5 Å². The second-order valence-corrected chi connectivity index (χ2v) is 6.02. The molecule has 1 aromatic rings. The van der Waals surface area contributed by atoms with Crippen LogP contribution in [0.5, 0.6) is 0 Å². The van der Waals surface area contributed by atoms with E-state index in [-0.39, 0.29) is 5.78 Å². The molecule has 1 saturated carbocycles. The van der Waals surface area contributed by atoms with Crippen molar-refractivity contribution in [3.05, 3.63) is 33.3 Å². The summed E-state index contributed by atoms with van der Waals surface area (Å²) in [6.07, 6.45) is 6.97. The molecule has 17 heavy (non-hydrogen) atoms. The third kappa shape index (κ3) is 3.56. The summed E-state index contributed by atoms with van der Waals surface area (Å²) in [7, 11) is 0. The highest BCUT2D eigenvalue weighted by Gasteiger charge is 2.18. The van der Waals surface area contributed by atoms with Crippen LogP contribution in [0.1, 0.15) is 48.9 Å². The molecule has 1 aliphatic rings. The van der Waals surface area contributed by atoms with E-state index >= 15 is 0 Å². The molecule has 0 N–H and O–H groups in total. The summed E-state index contributed by atoms with van der Waals surface area (Å²) >= 11 is 9.34. The SMILES string of the molecule is O=C(CC1CCCCC1)c1ccc(Br)c(Cl)c1. The maximum atomic E-state index is 12.1. The molecule has 1 fully saturated rings. The molecule has 92 valence electrons. The molecule has 0 spiro atoms. The Morgan fingerprint density at radius 1 is 1.29 bits per heavy atom. The first-order chi connectivity index (χ1) is 8.16. The van der Waals surface area contributed by atoms with Gasteiger partial charge in [-0.1, -0.05) is 49.8 Å². The Balaban J connectivity index is 2.01. The molecular weight excluding hydrogens is 300 g/mol. The molecule has 1 aromatic carbocycles. The van der Waals surface area contributed by atoms with Crippen LogP contribution in [0, 0.1) is 5.92 Å². The monoisotopic (exact) mass is 314 g/mol. The highest BCUT2D eigenvalue weighted by Crippen LogP contribution is 2.29. The summed E-state index contributed by atoms with van der Waals surface area (Å²) in [4.78, 5) is 12.1. The molecule has 2 rings (SSSR count). The largest absolute Gasteiger partial charge is 0.294 e. The van der Waals surface area contributed by atoms with Gasteiger partial charge < -0.3 is 0 Å². The lowest BCUT2D eigenvalue weighted by atomic mass is 9.85. The summed E-state index contributed by atoms with van der Waals surface area (Å²) in [6.45, 7) is 0. The van der Waals surface area contributed by atoms with Crippen molar-refractivity contribution in [2.24, 2.45) is 5.92 Å². The zero-order valence-electron chi connectivity index (χ0n) is 9.72. The minimum Gasteiger partial charge on any atom is -0.294 e. The first-order valence-corrected chi connectivity index (χ1v) is 7.32. The predicted molar refractivity (Wildman–Crippen MR) is 74.7 cm³/mol. The van der Waals surface area contributed by atoms with E-state index in [9.17, 15) is 4.79 Å². The van der Waals surface area contributed by atoms with Crippen molar-refractivity contribution in [3.8, 4) is 0 Å². The molecule has 0 amide bonds. The molecule has 0 aromatic heterocycles. The molecule has 1 nitrogen and oxygen atoms in total. The van der Waals surface area contributed by atoms with E-state index in [1.54, 1.807) is 6.07 Å². The van der Waals surface area contributed by atoms with Crippen LogP contribution >= 0.6 is 27.5 Å². The van der Waals surface area contributed by atoms with E-state index in [0.717, 1.165) is 10.0 Å². The summed E-state index contributed by atoms with van der Waals surface area (Å²) in [5.41, 5.74) is 0.740. The molecule has 1 aliphatic carbocycles. The average molecular weight is 316 g/mol. The van der Waals surface area contributed by atoms with E-state index in [0.29, 0.717) is 17.4 Å². The smallest absolute Gasteiger partial charge is 0.163 e. The van der Waals surface area contributed by atoms with Gasteiger partial charge in [0.05, 0.1) is 5.02 Å². The Bertz CT molecular complexity index is 411. The molecule has 0 heterocycles. The highest BCUT2D eigenvalue weighted by molar-refractivity contribution is 9.10. The molecule has 0 saturated heterocycles. The lowest BCUT2D eigenvalue weighted by Gasteiger charge is -2.20. The van der Waals surface area contributed by atoms with Crippen LogP contribution in [0.2, 0.25) is 5.02 Å². The summed E-state index contributed by atoms with van der Waals surface area (Å²) in [5.74, 6) is 0.810. The van der Waals surface area contributed by atoms with Crippen LogP contribution < -0.4 is 0 Å². The second kappa shape index (κ2) is 6.01. The fourth-order valence-corrected chi connectivity index (χ4v) is 2.87. The van der Waals surface area contributed by atoms with Crippen LogP contribution in [-0.2, 0) is 0 Å². The van der Waals surface area contributed by atoms with E-state index < -0.39 is 0 Å². The molecule has 0 bridgehead atoms. The van der Waals surface area contributed by atoms with Gasteiger partial charge in [0.15, 0.2) is 5.78 Å². The van der Waals surface area contributed by atoms with Gasteiger partial charge in [0.2, 0.25) is 0 Å². The number of benzene rings is 1. The topological polar surface area (TPSA) is 17.1 Å². The van der Waals surface area contributed by atoms with Gasteiger partial charge in [-0.3, -0.25) is 4.79 Å². The maximum absolute atomic E-state index is 12.1. The number of hydrogen-bond donors (Lipinski definition) is 0. The van der Waals surface area contributed by atoms with Gasteiger partial charge in [-0.05, 0) is 34.0 Å². The van der Waals surface area contributed by atoms with Gasteiger partial charge in [-0.15, -0.1) is 0 Å². The Hall–Kier alpha value is -0.340. The van der Waals surface area contributed by atoms with Gasteiger partial charge in [0.25, 0.3) is 0 Å². The highest BCUT2D eigenvalue weighted by atomic mass is 79.9. The van der Waals surface area contributed by atoms with Gasteiger partial charge in [0.1, 0.15) is 0 Å². The maximum Gasteiger partial charge on any atom is 0.163 e. The van der Waals surface area contributed by atoms with Crippen molar-refractivity contribution in [2.45, 2.75) is 38.5 Å². The van der Waals surface area contributed by atoms with Crippen LogP contribution in [0.15, 0.2) is 22.7 Å². The van der Waals surface area contributed by atoms with Crippen LogP contribution in [-0.4, -0.2) is 5.78 Å². The predicted octanol–water partition coefficient (Wildman–Crippen LogP) is 5.26. The molecule has 0 atom stereocenters. The fourth-order valence-electron chi connectivity index (χ4n) is 2.44. The Kier molecular flexibility index (Phi) is 4.63. The first kappa shape index (κ1) is 13.1. The molecule has 0 unspecified atom stereocenters. The van der Waals surface area contributed by atoms with E-state index in [1.807, 2.05) is 12.1 Å². The van der Waals surface area contributed by atoms with Gasteiger partial charge >= 0.3 is 0 Å². The standard InChI is InChI=1S/C14H16BrClO/c15-12-7-6-11(9-13(12)16)14(17)8-10-4-2-1-3-5-10/h6-7,9-10H,1-5,8H2. The average Bonchev–Trinajstić information content (AvgIpc) is 2.34. The van der Waals surface area contributed by atoms with Crippen molar-refractivity contribution >= 4 is 33.3 Å². The zero-order chi connectivity index (χ0) is 12.3. The minimum absolute atomic E-state index is 0.228. The number of rotatable bonds is 3. The Morgan fingerprint density at radius 3 is 2.65 bits per heavy atom. The summed E-state index contributed by atoms with van der Waals surface area (Å²) in [6, 6.07) is 5.45. The lowest BCUT2D eigenvalue weighted by Crippen LogP contribution is -2.12. The van der Waals surface area contributed by atoms with Gasteiger partial charge in [-0.25, -0.2) is 0 Å². The van der Waals surface area contributed by atoms with Crippen molar-refractivity contribution in [3.63, 3.8) is 0 Å². The number of ketones is 1. The van der Waals surface area contributed by atoms with Crippen molar-refractivity contribution in [2.75, 3.05) is 0 Å². The van der Waals surface area contributed by atoms with Crippen molar-refractivity contribution in [1.29, 1.82) is 0 Å². The molecule has 0 aliphatic heterocycles. The van der Waals surface area contributed by atoms with E-state index in [2.05, 4.69) is 15.9 Å². The Morgan fingerprint density at radius 2 is 2.00 bits per heavy atom. The van der Waals surface area contributed by atoms with E-state index in [1.165, 1.54) is 32.1 Å². The summed E-state index contributed by atoms with van der Waals surface area (Å²) < 4.78 is 0.841. The number of carbonyl (C=O) groups excluding carboxylic acids is 1. The van der Waals surface area contributed by atoms with E-state index in [4.69, 9.17) is 11.6 Å². The lowest BCUT2D eigenvalue weighted by molar-refractivity contribution is 0.0950. The number of halogens is 2. The minimum atomic E-state index is 0.228. The Labute approximate surface area is 116 Å². The first-order valence-electron chi connectivity index (χ1n) is 6.15. The van der Waals surface area contributed by atoms with Crippen molar-refractivity contribution in [1.82, 2.24) is 0 Å². The zero-order valence-corrected chi connectivity index (χ0v) is 12.1. The van der Waals surface area contributed by atoms with Gasteiger partial charge in [-0.2, -0.15) is 0 Å². The quantitative estimate of drug-likeness (QED) is 0.696. The second-order valence-electron chi connectivity index (χ2n) is 4.76. The number of carbonyl (C=O) groups is 1. The third-order valence-corrected chi connectivity index (χ3v) is 4.67.